The van der Waals surface area contributed by atoms with Gasteiger partial charge < -0.3 is 4.98 Å². The van der Waals surface area contributed by atoms with Gasteiger partial charge in [-0.2, -0.15) is 4.31 Å². The first-order valence-electron chi connectivity index (χ1n) is 11.4. The second-order valence-corrected chi connectivity index (χ2v) is 12.1. The zero-order valence-electron chi connectivity index (χ0n) is 18.7. The van der Waals surface area contributed by atoms with Gasteiger partial charge in [0.25, 0.3) is 0 Å². The monoisotopic (exact) mass is 519 g/mol. The predicted octanol–water partition coefficient (Wildman–Crippen LogP) is 7.05. The van der Waals surface area contributed by atoms with Gasteiger partial charge in [-0.3, -0.25) is 0 Å². The minimum absolute atomic E-state index is 0.275. The smallest absolute Gasteiger partial charge is 0.243 e. The molecule has 1 aliphatic rings. The van der Waals surface area contributed by atoms with Gasteiger partial charge in [-0.15, -0.1) is 0 Å². The summed E-state index contributed by atoms with van der Waals surface area (Å²) < 4.78 is 28.9. The summed E-state index contributed by atoms with van der Waals surface area (Å²) in [5.74, 6) is 0.687. The van der Waals surface area contributed by atoms with Crippen LogP contribution in [-0.2, 0) is 10.0 Å². The summed E-state index contributed by atoms with van der Waals surface area (Å²) in [6, 6.07) is 26.7. The summed E-state index contributed by atoms with van der Waals surface area (Å²) in [6.45, 7) is 0.465. The lowest BCUT2D eigenvalue weighted by Crippen LogP contribution is -2.31. The van der Waals surface area contributed by atoms with Crippen LogP contribution in [0.2, 0.25) is 5.02 Å². The van der Waals surface area contributed by atoms with Crippen molar-refractivity contribution in [2.75, 3.05) is 6.54 Å². The lowest BCUT2D eigenvalue weighted by molar-refractivity contribution is 0.386. The molecule has 1 fully saturated rings. The Hall–Kier alpha value is -2.84. The molecule has 6 rings (SSSR count). The Bertz CT molecular complexity index is 1650. The molecule has 0 saturated carbocycles. The fraction of sp³-hybridized carbons (Fsp3) is 0.148. The highest BCUT2D eigenvalue weighted by atomic mass is 35.5. The molecule has 1 saturated heterocycles. The largest absolute Gasteiger partial charge is 0.341 e. The van der Waals surface area contributed by atoms with Crippen LogP contribution in [0.15, 0.2) is 99.6 Å². The van der Waals surface area contributed by atoms with E-state index in [1.54, 1.807) is 40.3 Å². The van der Waals surface area contributed by atoms with Crippen molar-refractivity contribution < 1.29 is 8.42 Å². The molecule has 8 heteroatoms. The number of rotatable bonds is 5. The molecule has 4 aromatic carbocycles. The second-order valence-electron chi connectivity index (χ2n) is 8.64. The Morgan fingerprint density at radius 2 is 1.74 bits per heavy atom. The number of aromatic nitrogens is 2. The van der Waals surface area contributed by atoms with Crippen molar-refractivity contribution in [2.24, 2.45) is 0 Å². The van der Waals surface area contributed by atoms with Crippen molar-refractivity contribution in [1.29, 1.82) is 0 Å². The number of sulfonamides is 1. The van der Waals surface area contributed by atoms with E-state index in [0.29, 0.717) is 17.4 Å². The lowest BCUT2D eigenvalue weighted by Gasteiger charge is -2.22. The summed E-state index contributed by atoms with van der Waals surface area (Å²) in [6.07, 6.45) is 1.51. The molecule has 5 nitrogen and oxygen atoms in total. The van der Waals surface area contributed by atoms with Crippen molar-refractivity contribution in [3.63, 3.8) is 0 Å². The van der Waals surface area contributed by atoms with Gasteiger partial charge in [0.15, 0.2) is 0 Å². The summed E-state index contributed by atoms with van der Waals surface area (Å²) >= 11 is 7.82. The molecule has 0 bridgehead atoms. The number of hydrogen-bond acceptors (Lipinski definition) is 4. The maximum absolute atomic E-state index is 13.7. The maximum atomic E-state index is 13.7. The summed E-state index contributed by atoms with van der Waals surface area (Å²) in [5, 5.41) is 2.34. The molecular weight excluding hydrogens is 498 g/mol. The molecule has 1 atom stereocenters. The van der Waals surface area contributed by atoms with Crippen molar-refractivity contribution in [1.82, 2.24) is 14.3 Å². The van der Waals surface area contributed by atoms with Gasteiger partial charge in [0.2, 0.25) is 10.0 Å². The van der Waals surface area contributed by atoms with Crippen molar-refractivity contribution in [2.45, 2.75) is 33.6 Å². The molecule has 2 heterocycles. The molecule has 5 aromatic rings. The van der Waals surface area contributed by atoms with Gasteiger partial charge in [0.1, 0.15) is 5.82 Å². The third-order valence-electron chi connectivity index (χ3n) is 6.35. The maximum Gasteiger partial charge on any atom is 0.243 e. The average Bonchev–Trinajstić information content (AvgIpc) is 3.51. The van der Waals surface area contributed by atoms with Gasteiger partial charge in [-0.25, -0.2) is 13.4 Å². The fourth-order valence-electron chi connectivity index (χ4n) is 4.65. The number of benzene rings is 4. The standard InChI is InChI=1S/C27H22ClN3O2S2/c28-20-10-8-18-9-12-23(16-19(18)15-20)35(32,33)31-14-4-7-26(31)27-29-24-13-11-22(17-25(24)30-27)34-21-5-2-1-3-6-21/h1-3,5-6,8-13,15-17,26H,4,7,14H2,(H,29,30). The van der Waals surface area contributed by atoms with E-state index >= 15 is 0 Å². The van der Waals surface area contributed by atoms with Crippen molar-refractivity contribution in [3.8, 4) is 0 Å². The van der Waals surface area contributed by atoms with Gasteiger partial charge in [-0.05, 0) is 78.2 Å². The first-order chi connectivity index (χ1) is 17.0. The Balaban J connectivity index is 1.32. The average molecular weight is 520 g/mol. The Kier molecular flexibility index (Phi) is 5.81. The third kappa shape index (κ3) is 4.34. The van der Waals surface area contributed by atoms with Crippen LogP contribution in [0.1, 0.15) is 24.7 Å². The van der Waals surface area contributed by atoms with Crippen LogP contribution in [0.5, 0.6) is 0 Å². The quantitative estimate of drug-likeness (QED) is 0.270. The molecule has 0 spiro atoms. The summed E-state index contributed by atoms with van der Waals surface area (Å²) in [7, 11) is -3.70. The fourth-order valence-corrected chi connectivity index (χ4v) is 7.40. The Morgan fingerprint density at radius 1 is 0.914 bits per heavy atom. The van der Waals surface area contributed by atoms with Gasteiger partial charge in [0, 0.05) is 21.4 Å². The number of H-pyrrole nitrogens is 1. The molecule has 176 valence electrons. The van der Waals surface area contributed by atoms with Gasteiger partial charge in [0.05, 0.1) is 22.0 Å². The number of aromatic amines is 1. The SMILES string of the molecule is O=S(=O)(c1ccc2ccc(Cl)cc2c1)N1CCCC1c1nc2ccc(Sc3ccccc3)cc2[nH]1. The van der Waals surface area contributed by atoms with Crippen molar-refractivity contribution in [3.05, 3.63) is 95.8 Å². The van der Waals surface area contributed by atoms with Gasteiger partial charge in [-0.1, -0.05) is 53.7 Å². The number of halogens is 1. The van der Waals surface area contributed by atoms with Crippen LogP contribution < -0.4 is 0 Å². The Morgan fingerprint density at radius 3 is 2.60 bits per heavy atom. The van der Waals surface area contributed by atoms with Crippen LogP contribution in [0.4, 0.5) is 0 Å². The molecule has 1 unspecified atom stereocenters. The number of nitrogens with one attached hydrogen (secondary N) is 1. The number of hydrogen-bond donors (Lipinski definition) is 1. The van der Waals surface area contributed by atoms with E-state index in [1.807, 2.05) is 42.5 Å². The third-order valence-corrected chi connectivity index (χ3v) is 9.49. The molecule has 1 N–H and O–H groups in total. The van der Waals surface area contributed by atoms with Crippen LogP contribution >= 0.6 is 23.4 Å². The predicted molar refractivity (Wildman–Crippen MR) is 141 cm³/mol. The molecule has 1 aliphatic heterocycles. The zero-order chi connectivity index (χ0) is 24.0. The Labute approximate surface area is 213 Å². The zero-order valence-corrected chi connectivity index (χ0v) is 21.1. The minimum atomic E-state index is -3.70. The summed E-state index contributed by atoms with van der Waals surface area (Å²) in [4.78, 5) is 10.7. The van der Waals surface area contributed by atoms with Crippen molar-refractivity contribution >= 4 is 55.2 Å². The highest BCUT2D eigenvalue weighted by Crippen LogP contribution is 2.37. The van der Waals surface area contributed by atoms with Crippen LogP contribution in [-0.4, -0.2) is 29.2 Å². The number of fused-ring (bicyclic) bond motifs is 2. The summed E-state index contributed by atoms with van der Waals surface area (Å²) in [5.41, 5.74) is 1.74. The molecule has 35 heavy (non-hydrogen) atoms. The van der Waals surface area contributed by atoms with Gasteiger partial charge >= 0.3 is 0 Å². The van der Waals surface area contributed by atoms with Crippen LogP contribution in [0.3, 0.4) is 0 Å². The molecular formula is C27H22ClN3O2S2. The number of imidazole rings is 1. The van der Waals surface area contributed by atoms with E-state index in [0.717, 1.165) is 44.4 Å². The lowest BCUT2D eigenvalue weighted by atomic mass is 10.1. The number of nitrogens with zero attached hydrogens (tertiary/aromatic N) is 2. The topological polar surface area (TPSA) is 66.1 Å². The minimum Gasteiger partial charge on any atom is -0.341 e. The van der Waals surface area contributed by atoms with E-state index in [9.17, 15) is 8.42 Å². The van der Waals surface area contributed by atoms with E-state index in [2.05, 4.69) is 23.2 Å². The highest BCUT2D eigenvalue weighted by molar-refractivity contribution is 7.99. The van der Waals surface area contributed by atoms with E-state index in [-0.39, 0.29) is 10.9 Å². The first-order valence-corrected chi connectivity index (χ1v) is 14.0. The molecule has 0 aliphatic carbocycles. The highest BCUT2D eigenvalue weighted by Gasteiger charge is 2.38. The molecule has 1 aromatic heterocycles. The van der Waals surface area contributed by atoms with E-state index in [1.165, 1.54) is 0 Å². The van der Waals surface area contributed by atoms with E-state index in [4.69, 9.17) is 16.6 Å². The molecule has 0 amide bonds. The normalized spacial score (nSPS) is 16.9. The van der Waals surface area contributed by atoms with E-state index < -0.39 is 10.0 Å². The van der Waals surface area contributed by atoms with Crippen LogP contribution in [0, 0.1) is 0 Å². The molecule has 0 radical (unpaired) electrons. The second kappa shape index (κ2) is 8.99. The first kappa shape index (κ1) is 22.6. The van der Waals surface area contributed by atoms with Crippen LogP contribution in [0.25, 0.3) is 21.8 Å².